The van der Waals surface area contributed by atoms with Crippen LogP contribution in [0.5, 0.6) is 0 Å². The maximum atomic E-state index is 12.8. The summed E-state index contributed by atoms with van der Waals surface area (Å²) in [7, 11) is 0. The van der Waals surface area contributed by atoms with Crippen LogP contribution in [0.25, 0.3) is 22.2 Å². The molecule has 0 bridgehead atoms. The number of pyridine rings is 1. The lowest BCUT2D eigenvalue weighted by atomic mass is 9.84. The lowest BCUT2D eigenvalue weighted by Gasteiger charge is -2.29. The van der Waals surface area contributed by atoms with Crippen LogP contribution in [0.1, 0.15) is 39.0 Å². The number of aromatic nitrogens is 3. The molecule has 29 heavy (non-hydrogen) atoms. The molecule has 2 aliphatic rings. The standard InChI is InChI=1S/C22H26N6O/c1-13(14-5-3-2-4-6-14)24-22(29)21-25-18-11-16-17(12-19(18)26-21)27-28-20(16)15-7-9-23-10-8-15/h7-14,21,25-26H,2-6H2,1H3,(H,24,29)(H,27,28). The first-order chi connectivity index (χ1) is 14.2. The summed E-state index contributed by atoms with van der Waals surface area (Å²) in [5, 5.41) is 18.4. The predicted octanol–water partition coefficient (Wildman–Crippen LogP) is 3.87. The average molecular weight is 390 g/mol. The lowest BCUT2D eigenvalue weighted by molar-refractivity contribution is -0.122. The summed E-state index contributed by atoms with van der Waals surface area (Å²) in [6, 6.07) is 8.14. The Bertz CT molecular complexity index is 1020. The fourth-order valence-corrected chi connectivity index (χ4v) is 4.57. The van der Waals surface area contributed by atoms with Gasteiger partial charge >= 0.3 is 0 Å². The molecular weight excluding hydrogens is 364 g/mol. The Hall–Kier alpha value is -3.09. The van der Waals surface area contributed by atoms with E-state index >= 15 is 0 Å². The van der Waals surface area contributed by atoms with Gasteiger partial charge in [0.2, 0.25) is 0 Å². The van der Waals surface area contributed by atoms with E-state index in [1.807, 2.05) is 18.2 Å². The van der Waals surface area contributed by atoms with E-state index in [9.17, 15) is 4.79 Å². The number of H-pyrrole nitrogens is 1. The third-order valence-corrected chi connectivity index (χ3v) is 6.24. The second kappa shape index (κ2) is 7.39. The molecule has 1 fully saturated rings. The minimum absolute atomic E-state index is 0.00424. The van der Waals surface area contributed by atoms with Crippen molar-refractivity contribution in [1.82, 2.24) is 20.5 Å². The number of hydrogen-bond donors (Lipinski definition) is 4. The minimum Gasteiger partial charge on any atom is -0.356 e. The van der Waals surface area contributed by atoms with Gasteiger partial charge in [-0.05, 0) is 49.9 Å². The van der Waals surface area contributed by atoms with E-state index in [0.717, 1.165) is 33.5 Å². The zero-order valence-electron chi connectivity index (χ0n) is 16.5. The predicted molar refractivity (Wildman–Crippen MR) is 115 cm³/mol. The molecule has 1 aromatic carbocycles. The van der Waals surface area contributed by atoms with Gasteiger partial charge in [-0.25, -0.2) is 0 Å². The van der Waals surface area contributed by atoms with Gasteiger partial charge in [0.05, 0.1) is 16.9 Å². The van der Waals surface area contributed by atoms with Crippen molar-refractivity contribution in [3.05, 3.63) is 36.7 Å². The number of carbonyl (C=O) groups is 1. The number of nitrogens with zero attached hydrogens (tertiary/aromatic N) is 2. The summed E-state index contributed by atoms with van der Waals surface area (Å²) >= 11 is 0. The Labute approximate surface area is 169 Å². The quantitative estimate of drug-likeness (QED) is 0.542. The van der Waals surface area contributed by atoms with Crippen molar-refractivity contribution in [3.63, 3.8) is 0 Å². The molecule has 2 unspecified atom stereocenters. The molecule has 2 atom stereocenters. The van der Waals surface area contributed by atoms with Crippen molar-refractivity contribution in [2.24, 2.45) is 5.92 Å². The largest absolute Gasteiger partial charge is 0.356 e. The summed E-state index contributed by atoms with van der Waals surface area (Å²) in [6.07, 6.45) is 9.35. The van der Waals surface area contributed by atoms with Gasteiger partial charge in [-0.2, -0.15) is 5.10 Å². The third kappa shape index (κ3) is 3.41. The van der Waals surface area contributed by atoms with E-state index < -0.39 is 6.17 Å². The highest BCUT2D eigenvalue weighted by atomic mass is 16.2. The van der Waals surface area contributed by atoms with Gasteiger partial charge in [-0.1, -0.05) is 19.3 Å². The van der Waals surface area contributed by atoms with Gasteiger partial charge < -0.3 is 16.0 Å². The van der Waals surface area contributed by atoms with Gasteiger partial charge in [0.25, 0.3) is 5.91 Å². The Morgan fingerprint density at radius 2 is 1.83 bits per heavy atom. The molecule has 3 heterocycles. The van der Waals surface area contributed by atoms with Crippen LogP contribution < -0.4 is 16.0 Å². The average Bonchev–Trinajstić information content (AvgIpc) is 3.36. The Balaban J connectivity index is 1.33. The van der Waals surface area contributed by atoms with Gasteiger partial charge in [-0.3, -0.25) is 14.9 Å². The number of hydrogen-bond acceptors (Lipinski definition) is 5. The number of rotatable bonds is 4. The van der Waals surface area contributed by atoms with Gasteiger partial charge in [0.15, 0.2) is 6.17 Å². The van der Waals surface area contributed by atoms with Crippen LogP contribution in [0.2, 0.25) is 0 Å². The Morgan fingerprint density at radius 1 is 1.10 bits per heavy atom. The Kier molecular flexibility index (Phi) is 4.58. The first-order valence-corrected chi connectivity index (χ1v) is 10.4. The number of carbonyl (C=O) groups excluding carboxylic acids is 1. The second-order valence-corrected chi connectivity index (χ2v) is 8.17. The zero-order chi connectivity index (χ0) is 19.8. The lowest BCUT2D eigenvalue weighted by Crippen LogP contribution is -2.47. The van der Waals surface area contributed by atoms with Crippen molar-refractivity contribution in [3.8, 4) is 11.3 Å². The van der Waals surface area contributed by atoms with Crippen LogP contribution in [-0.2, 0) is 4.79 Å². The van der Waals surface area contributed by atoms with Gasteiger partial charge in [-0.15, -0.1) is 0 Å². The number of fused-ring (bicyclic) bond motifs is 2. The molecule has 7 heteroatoms. The number of benzene rings is 1. The van der Waals surface area contributed by atoms with Crippen molar-refractivity contribution in [1.29, 1.82) is 0 Å². The van der Waals surface area contributed by atoms with E-state index in [2.05, 4.69) is 44.1 Å². The normalized spacial score (nSPS) is 20.0. The highest BCUT2D eigenvalue weighted by Crippen LogP contribution is 2.36. The van der Waals surface area contributed by atoms with E-state index in [-0.39, 0.29) is 11.9 Å². The van der Waals surface area contributed by atoms with Crippen molar-refractivity contribution < 1.29 is 4.79 Å². The fraction of sp³-hybridized carbons (Fsp3) is 0.409. The summed E-state index contributed by atoms with van der Waals surface area (Å²) in [5.41, 5.74) is 4.65. The molecule has 2 aromatic heterocycles. The first kappa shape index (κ1) is 18.0. The van der Waals surface area contributed by atoms with E-state index in [0.29, 0.717) is 5.92 Å². The number of amides is 1. The van der Waals surface area contributed by atoms with Crippen LogP contribution in [0.3, 0.4) is 0 Å². The molecule has 0 spiro atoms. The summed E-state index contributed by atoms with van der Waals surface area (Å²) < 4.78 is 0. The van der Waals surface area contributed by atoms with Crippen LogP contribution in [0.15, 0.2) is 36.7 Å². The molecule has 5 rings (SSSR count). The van der Waals surface area contributed by atoms with Crippen molar-refractivity contribution >= 4 is 28.2 Å². The summed E-state index contributed by atoms with van der Waals surface area (Å²) in [6.45, 7) is 2.13. The number of aromatic amines is 1. The highest BCUT2D eigenvalue weighted by Gasteiger charge is 2.29. The molecular formula is C22H26N6O. The SMILES string of the molecule is CC(NC(=O)C1Nc2cc3[nH]nc(-c4ccncc4)c3cc2N1)C1CCCCC1. The van der Waals surface area contributed by atoms with E-state index in [1.165, 1.54) is 32.1 Å². The van der Waals surface area contributed by atoms with Crippen molar-refractivity contribution in [2.75, 3.05) is 10.6 Å². The minimum atomic E-state index is -0.458. The molecule has 0 saturated heterocycles. The van der Waals surface area contributed by atoms with Crippen LogP contribution >= 0.6 is 0 Å². The Morgan fingerprint density at radius 3 is 2.59 bits per heavy atom. The molecule has 1 aliphatic heterocycles. The van der Waals surface area contributed by atoms with Crippen LogP contribution in [0, 0.1) is 5.92 Å². The maximum Gasteiger partial charge on any atom is 0.263 e. The van der Waals surface area contributed by atoms with Gasteiger partial charge in [0, 0.05) is 29.4 Å². The van der Waals surface area contributed by atoms with Gasteiger partial charge in [0.1, 0.15) is 5.69 Å². The molecule has 1 saturated carbocycles. The molecule has 3 aromatic rings. The molecule has 0 radical (unpaired) electrons. The molecule has 4 N–H and O–H groups in total. The van der Waals surface area contributed by atoms with Crippen LogP contribution in [-0.4, -0.2) is 33.3 Å². The fourth-order valence-electron chi connectivity index (χ4n) is 4.57. The van der Waals surface area contributed by atoms with E-state index in [1.54, 1.807) is 12.4 Å². The smallest absolute Gasteiger partial charge is 0.263 e. The van der Waals surface area contributed by atoms with E-state index in [4.69, 9.17) is 0 Å². The first-order valence-electron chi connectivity index (χ1n) is 10.4. The zero-order valence-corrected chi connectivity index (χ0v) is 16.5. The summed E-state index contributed by atoms with van der Waals surface area (Å²) in [4.78, 5) is 16.9. The maximum absolute atomic E-state index is 12.8. The van der Waals surface area contributed by atoms with Crippen LogP contribution in [0.4, 0.5) is 11.4 Å². The number of anilines is 2. The topological polar surface area (TPSA) is 94.7 Å². The monoisotopic (exact) mass is 390 g/mol. The highest BCUT2D eigenvalue weighted by molar-refractivity contribution is 6.02. The second-order valence-electron chi connectivity index (χ2n) is 8.17. The molecule has 7 nitrogen and oxygen atoms in total. The third-order valence-electron chi connectivity index (χ3n) is 6.24. The van der Waals surface area contributed by atoms with Crippen molar-refractivity contribution in [2.45, 2.75) is 51.2 Å². The number of nitrogens with one attached hydrogen (secondary N) is 4. The molecule has 1 amide bonds. The summed E-state index contributed by atoms with van der Waals surface area (Å²) in [5.74, 6) is 0.582. The molecule has 1 aliphatic carbocycles. The molecule has 150 valence electrons.